The zero-order valence-corrected chi connectivity index (χ0v) is 16.9. The van der Waals surface area contributed by atoms with E-state index in [0.29, 0.717) is 17.9 Å². The van der Waals surface area contributed by atoms with Gasteiger partial charge in [-0.05, 0) is 61.6 Å². The van der Waals surface area contributed by atoms with Crippen molar-refractivity contribution in [3.8, 4) is 0 Å². The number of benzene rings is 2. The Bertz CT molecular complexity index is 984. The highest BCUT2D eigenvalue weighted by Crippen LogP contribution is 2.25. The third kappa shape index (κ3) is 5.25. The molecule has 1 amide bonds. The van der Waals surface area contributed by atoms with Crippen LogP contribution in [0.3, 0.4) is 0 Å². The molecule has 30 heavy (non-hydrogen) atoms. The zero-order valence-electron chi connectivity index (χ0n) is 16.9. The first-order valence-electron chi connectivity index (χ1n) is 10.5. The molecule has 4 nitrogen and oxygen atoms in total. The minimum atomic E-state index is -0.895. The van der Waals surface area contributed by atoms with Gasteiger partial charge < -0.3 is 9.73 Å². The molecule has 1 saturated heterocycles. The SMILES string of the molecule is O=C(CC[C@H]1CCCN(Cc2cc3ccccc3o2)C1)NCc1ccc(F)c(F)c1. The van der Waals surface area contributed by atoms with Crippen molar-refractivity contribution in [3.05, 3.63) is 71.5 Å². The number of hydrogen-bond acceptors (Lipinski definition) is 3. The summed E-state index contributed by atoms with van der Waals surface area (Å²) in [6, 6.07) is 13.8. The number of amides is 1. The van der Waals surface area contributed by atoms with Crippen LogP contribution in [0.15, 0.2) is 52.9 Å². The van der Waals surface area contributed by atoms with Crippen LogP contribution in [0.4, 0.5) is 8.78 Å². The van der Waals surface area contributed by atoms with E-state index in [1.165, 1.54) is 6.07 Å². The van der Waals surface area contributed by atoms with Gasteiger partial charge in [-0.2, -0.15) is 0 Å². The van der Waals surface area contributed by atoms with Crippen LogP contribution in [-0.2, 0) is 17.9 Å². The minimum absolute atomic E-state index is 0.0610. The topological polar surface area (TPSA) is 45.5 Å². The molecule has 158 valence electrons. The van der Waals surface area contributed by atoms with Gasteiger partial charge in [-0.3, -0.25) is 9.69 Å². The number of halogens is 2. The van der Waals surface area contributed by atoms with Crippen molar-refractivity contribution in [1.82, 2.24) is 10.2 Å². The molecule has 0 saturated carbocycles. The van der Waals surface area contributed by atoms with Crippen molar-refractivity contribution >= 4 is 16.9 Å². The van der Waals surface area contributed by atoms with E-state index in [1.807, 2.05) is 18.2 Å². The monoisotopic (exact) mass is 412 g/mol. The molecule has 0 spiro atoms. The highest BCUT2D eigenvalue weighted by Gasteiger charge is 2.21. The summed E-state index contributed by atoms with van der Waals surface area (Å²) in [6.07, 6.45) is 3.49. The quantitative estimate of drug-likeness (QED) is 0.593. The summed E-state index contributed by atoms with van der Waals surface area (Å²) in [4.78, 5) is 14.6. The summed E-state index contributed by atoms with van der Waals surface area (Å²) >= 11 is 0. The Morgan fingerprint density at radius 2 is 2.00 bits per heavy atom. The maximum atomic E-state index is 13.2. The van der Waals surface area contributed by atoms with Crippen LogP contribution < -0.4 is 5.32 Å². The number of fused-ring (bicyclic) bond motifs is 1. The maximum absolute atomic E-state index is 13.2. The summed E-state index contributed by atoms with van der Waals surface area (Å²) in [7, 11) is 0. The molecule has 0 bridgehead atoms. The number of rotatable bonds is 7. The molecule has 1 N–H and O–H groups in total. The Hall–Kier alpha value is -2.73. The highest BCUT2D eigenvalue weighted by molar-refractivity contribution is 5.77. The van der Waals surface area contributed by atoms with Gasteiger partial charge >= 0.3 is 0 Å². The average molecular weight is 412 g/mol. The van der Waals surface area contributed by atoms with E-state index < -0.39 is 11.6 Å². The molecule has 1 atom stereocenters. The van der Waals surface area contributed by atoms with Crippen LogP contribution in [0.5, 0.6) is 0 Å². The van der Waals surface area contributed by atoms with Gasteiger partial charge in [0.05, 0.1) is 6.54 Å². The van der Waals surface area contributed by atoms with E-state index >= 15 is 0 Å². The summed E-state index contributed by atoms with van der Waals surface area (Å²) < 4.78 is 32.2. The second-order valence-corrected chi connectivity index (χ2v) is 8.06. The zero-order chi connectivity index (χ0) is 20.9. The molecule has 1 aromatic heterocycles. The molecule has 2 heterocycles. The maximum Gasteiger partial charge on any atom is 0.220 e. The predicted molar refractivity (Wildman–Crippen MR) is 112 cm³/mol. The molecule has 1 fully saturated rings. The molecular formula is C24H26F2N2O2. The summed E-state index contributed by atoms with van der Waals surface area (Å²) in [5.74, 6) is -0.393. The third-order valence-corrected chi connectivity index (χ3v) is 5.71. The van der Waals surface area contributed by atoms with Gasteiger partial charge in [-0.1, -0.05) is 24.3 Å². The first-order chi connectivity index (χ1) is 14.6. The number of likely N-dealkylation sites (tertiary alicyclic amines) is 1. The number of para-hydroxylation sites is 1. The first-order valence-corrected chi connectivity index (χ1v) is 10.5. The second kappa shape index (κ2) is 9.39. The molecule has 1 aliphatic rings. The van der Waals surface area contributed by atoms with Crippen molar-refractivity contribution in [2.75, 3.05) is 13.1 Å². The fraction of sp³-hybridized carbons (Fsp3) is 0.375. The molecular weight excluding hydrogens is 386 g/mol. The number of piperidine rings is 1. The van der Waals surface area contributed by atoms with Gasteiger partial charge in [0, 0.05) is 24.9 Å². The molecule has 4 rings (SSSR count). The van der Waals surface area contributed by atoms with Crippen LogP contribution in [0.1, 0.15) is 37.0 Å². The van der Waals surface area contributed by atoms with E-state index in [1.54, 1.807) is 0 Å². The van der Waals surface area contributed by atoms with Crippen molar-refractivity contribution in [3.63, 3.8) is 0 Å². The van der Waals surface area contributed by atoms with Crippen LogP contribution in [0, 0.1) is 17.6 Å². The Balaban J connectivity index is 1.22. The predicted octanol–water partition coefficient (Wildman–Crippen LogP) is 5.02. The lowest BCUT2D eigenvalue weighted by Crippen LogP contribution is -2.35. The molecule has 3 aromatic rings. The van der Waals surface area contributed by atoms with Crippen molar-refractivity contribution in [2.45, 2.75) is 38.8 Å². The minimum Gasteiger partial charge on any atom is -0.460 e. The Kier molecular flexibility index (Phi) is 6.43. The molecule has 0 unspecified atom stereocenters. The van der Waals surface area contributed by atoms with Crippen LogP contribution in [0.2, 0.25) is 0 Å². The molecule has 1 aliphatic heterocycles. The number of hydrogen-bond donors (Lipinski definition) is 1. The summed E-state index contributed by atoms with van der Waals surface area (Å²) in [5.41, 5.74) is 1.47. The number of nitrogens with zero attached hydrogens (tertiary/aromatic N) is 1. The Labute approximate surface area is 174 Å². The van der Waals surface area contributed by atoms with E-state index in [2.05, 4.69) is 22.3 Å². The highest BCUT2D eigenvalue weighted by atomic mass is 19.2. The lowest BCUT2D eigenvalue weighted by Gasteiger charge is -2.32. The molecule has 6 heteroatoms. The van der Waals surface area contributed by atoms with E-state index in [4.69, 9.17) is 4.42 Å². The molecule has 0 aliphatic carbocycles. The van der Waals surface area contributed by atoms with Gasteiger partial charge in [-0.15, -0.1) is 0 Å². The summed E-state index contributed by atoms with van der Waals surface area (Å²) in [6.45, 7) is 2.98. The van der Waals surface area contributed by atoms with Gasteiger partial charge in [0.2, 0.25) is 5.91 Å². The average Bonchev–Trinajstić information content (AvgIpc) is 3.15. The fourth-order valence-electron chi connectivity index (χ4n) is 4.14. The van der Waals surface area contributed by atoms with Crippen LogP contribution >= 0.6 is 0 Å². The molecule has 0 radical (unpaired) electrons. The van der Waals surface area contributed by atoms with Gasteiger partial charge in [0.25, 0.3) is 0 Å². The van der Waals surface area contributed by atoms with Gasteiger partial charge in [-0.25, -0.2) is 8.78 Å². The largest absolute Gasteiger partial charge is 0.460 e. The van der Waals surface area contributed by atoms with Gasteiger partial charge in [0.15, 0.2) is 11.6 Å². The lowest BCUT2D eigenvalue weighted by atomic mass is 9.93. The van der Waals surface area contributed by atoms with Crippen molar-refractivity contribution in [2.24, 2.45) is 5.92 Å². The number of furan rings is 1. The Morgan fingerprint density at radius 3 is 2.83 bits per heavy atom. The van der Waals surface area contributed by atoms with Crippen molar-refractivity contribution in [1.29, 1.82) is 0 Å². The second-order valence-electron chi connectivity index (χ2n) is 8.06. The normalized spacial score (nSPS) is 17.3. The number of nitrogens with one attached hydrogen (secondary N) is 1. The lowest BCUT2D eigenvalue weighted by molar-refractivity contribution is -0.121. The number of carbonyl (C=O) groups is 1. The smallest absolute Gasteiger partial charge is 0.220 e. The Morgan fingerprint density at radius 1 is 1.13 bits per heavy atom. The van der Waals surface area contributed by atoms with E-state index in [0.717, 1.165) is 67.8 Å². The molecule has 2 aromatic carbocycles. The van der Waals surface area contributed by atoms with Crippen molar-refractivity contribution < 1.29 is 18.0 Å². The fourth-order valence-corrected chi connectivity index (χ4v) is 4.14. The standard InChI is InChI=1S/C24H26F2N2O2/c25-21-9-7-18(12-22(21)26)14-27-24(29)10-8-17-4-3-11-28(15-17)16-20-13-19-5-1-2-6-23(19)30-20/h1-2,5-7,9,12-13,17H,3-4,8,10-11,14-16H2,(H,27,29)/t17-/m1/s1. The third-order valence-electron chi connectivity index (χ3n) is 5.71. The number of carbonyl (C=O) groups excluding carboxylic acids is 1. The van der Waals surface area contributed by atoms with Crippen LogP contribution in [-0.4, -0.2) is 23.9 Å². The van der Waals surface area contributed by atoms with Crippen LogP contribution in [0.25, 0.3) is 11.0 Å². The van der Waals surface area contributed by atoms with E-state index in [-0.39, 0.29) is 12.5 Å². The summed E-state index contributed by atoms with van der Waals surface area (Å²) in [5, 5.41) is 3.92. The van der Waals surface area contributed by atoms with E-state index in [9.17, 15) is 13.6 Å². The first kappa shape index (κ1) is 20.5. The van der Waals surface area contributed by atoms with Gasteiger partial charge in [0.1, 0.15) is 11.3 Å².